The number of rotatable bonds is 3. The summed E-state index contributed by atoms with van der Waals surface area (Å²) in [6.45, 7) is 2.35. The van der Waals surface area contributed by atoms with Gasteiger partial charge < -0.3 is 0 Å². The Balaban J connectivity index is 2.05. The molecular weight excluding hydrogens is 284 g/mol. The lowest BCUT2D eigenvalue weighted by Crippen LogP contribution is -2.34. The highest BCUT2D eigenvalue weighted by molar-refractivity contribution is 9.10. The second kappa shape index (κ2) is 5.63. The molecule has 1 heterocycles. The second-order valence-corrected chi connectivity index (χ2v) is 6.69. The van der Waals surface area contributed by atoms with E-state index in [2.05, 4.69) is 39.7 Å². The Kier molecular flexibility index (Phi) is 4.41. The van der Waals surface area contributed by atoms with Crippen molar-refractivity contribution in [2.45, 2.75) is 38.6 Å². The van der Waals surface area contributed by atoms with Gasteiger partial charge in [-0.3, -0.25) is 11.3 Å². The number of halogens is 1. The van der Waals surface area contributed by atoms with Gasteiger partial charge in [0.25, 0.3) is 0 Å². The van der Waals surface area contributed by atoms with Gasteiger partial charge in [0.15, 0.2) is 0 Å². The molecule has 0 saturated heterocycles. The Morgan fingerprint density at radius 1 is 1.44 bits per heavy atom. The lowest BCUT2D eigenvalue weighted by Gasteiger charge is -2.31. The topological polar surface area (TPSA) is 38.0 Å². The van der Waals surface area contributed by atoms with Crippen molar-refractivity contribution in [1.82, 2.24) is 5.43 Å². The smallest absolute Gasteiger partial charge is 0.0581 e. The Hall–Kier alpha value is 0.1000. The van der Waals surface area contributed by atoms with Gasteiger partial charge in [-0.1, -0.05) is 19.8 Å². The number of thiophene rings is 1. The number of hydrogen-bond acceptors (Lipinski definition) is 3. The molecule has 0 spiro atoms. The maximum Gasteiger partial charge on any atom is 0.0581 e. The lowest BCUT2D eigenvalue weighted by molar-refractivity contribution is 0.234. The predicted molar refractivity (Wildman–Crippen MR) is 73.2 cm³/mol. The van der Waals surface area contributed by atoms with Crippen molar-refractivity contribution in [1.29, 1.82) is 0 Å². The van der Waals surface area contributed by atoms with E-state index < -0.39 is 0 Å². The van der Waals surface area contributed by atoms with Gasteiger partial charge in [-0.2, -0.15) is 0 Å². The third-order valence-corrected chi connectivity index (χ3v) is 5.38. The summed E-state index contributed by atoms with van der Waals surface area (Å²) in [7, 11) is 0. The maximum atomic E-state index is 5.72. The first kappa shape index (κ1) is 12.6. The molecule has 16 heavy (non-hydrogen) atoms. The minimum atomic E-state index is 0.337. The molecule has 1 saturated carbocycles. The number of nitrogens with two attached hydrogens (primary N) is 1. The average Bonchev–Trinajstić information content (AvgIpc) is 2.69. The first-order chi connectivity index (χ1) is 7.70. The van der Waals surface area contributed by atoms with Crippen LogP contribution in [0.1, 0.15) is 43.5 Å². The van der Waals surface area contributed by atoms with Crippen LogP contribution in [0.25, 0.3) is 0 Å². The molecule has 1 aromatic heterocycles. The Morgan fingerprint density at radius 2 is 2.12 bits per heavy atom. The molecule has 0 bridgehead atoms. The second-order valence-electron chi connectivity index (χ2n) is 4.83. The van der Waals surface area contributed by atoms with Crippen LogP contribution in [0, 0.1) is 11.8 Å². The summed E-state index contributed by atoms with van der Waals surface area (Å²) in [4.78, 5) is 1.36. The van der Waals surface area contributed by atoms with E-state index in [0.29, 0.717) is 12.0 Å². The molecule has 1 fully saturated rings. The van der Waals surface area contributed by atoms with Gasteiger partial charge in [-0.05, 0) is 46.7 Å². The first-order valence-corrected chi connectivity index (χ1v) is 7.58. The molecule has 1 unspecified atom stereocenters. The van der Waals surface area contributed by atoms with Crippen molar-refractivity contribution in [2.24, 2.45) is 17.7 Å². The quantitative estimate of drug-likeness (QED) is 0.657. The summed E-state index contributed by atoms with van der Waals surface area (Å²) in [6, 6.07) is 2.52. The van der Waals surface area contributed by atoms with Crippen molar-refractivity contribution in [2.75, 3.05) is 0 Å². The highest BCUT2D eigenvalue weighted by atomic mass is 79.9. The van der Waals surface area contributed by atoms with Crippen LogP contribution in [-0.2, 0) is 0 Å². The van der Waals surface area contributed by atoms with Crippen LogP contribution >= 0.6 is 27.3 Å². The van der Waals surface area contributed by atoms with Gasteiger partial charge in [0.1, 0.15) is 0 Å². The summed E-state index contributed by atoms with van der Waals surface area (Å²) < 4.78 is 1.16. The summed E-state index contributed by atoms with van der Waals surface area (Å²) in [6.07, 6.45) is 5.28. The van der Waals surface area contributed by atoms with Crippen LogP contribution in [0.5, 0.6) is 0 Å². The van der Waals surface area contributed by atoms with Crippen LogP contribution in [0.3, 0.4) is 0 Å². The van der Waals surface area contributed by atoms with E-state index in [9.17, 15) is 0 Å². The van der Waals surface area contributed by atoms with E-state index in [1.54, 1.807) is 11.3 Å². The largest absolute Gasteiger partial charge is 0.271 e. The lowest BCUT2D eigenvalue weighted by atomic mass is 9.79. The molecule has 1 aliphatic carbocycles. The highest BCUT2D eigenvalue weighted by Crippen LogP contribution is 2.38. The minimum Gasteiger partial charge on any atom is -0.271 e. The first-order valence-electron chi connectivity index (χ1n) is 5.90. The average molecular weight is 303 g/mol. The fraction of sp³-hybridized carbons (Fsp3) is 0.667. The van der Waals surface area contributed by atoms with Gasteiger partial charge in [-0.15, -0.1) is 11.3 Å². The molecule has 4 heteroatoms. The number of hydrogen-bond donors (Lipinski definition) is 2. The SMILES string of the molecule is CC1CCC(C(NN)c2cc(Br)cs2)CC1. The Labute approximate surface area is 110 Å². The highest BCUT2D eigenvalue weighted by Gasteiger charge is 2.27. The zero-order valence-electron chi connectivity index (χ0n) is 9.58. The Bertz CT molecular complexity index is 332. The molecule has 3 N–H and O–H groups in total. The summed E-state index contributed by atoms with van der Waals surface area (Å²) in [5.41, 5.74) is 3.01. The van der Waals surface area contributed by atoms with Crippen molar-refractivity contribution < 1.29 is 0 Å². The van der Waals surface area contributed by atoms with Gasteiger partial charge in [-0.25, -0.2) is 0 Å². The zero-order chi connectivity index (χ0) is 11.5. The summed E-state index contributed by atoms with van der Waals surface area (Å²) in [5, 5.41) is 2.13. The van der Waals surface area contributed by atoms with Crippen molar-refractivity contribution in [3.8, 4) is 0 Å². The van der Waals surface area contributed by atoms with E-state index in [-0.39, 0.29) is 0 Å². The van der Waals surface area contributed by atoms with Crippen molar-refractivity contribution >= 4 is 27.3 Å². The summed E-state index contributed by atoms with van der Waals surface area (Å²) >= 11 is 5.29. The molecule has 0 radical (unpaired) electrons. The van der Waals surface area contributed by atoms with Crippen LogP contribution in [0.2, 0.25) is 0 Å². The Morgan fingerprint density at radius 3 is 2.62 bits per heavy atom. The van der Waals surface area contributed by atoms with Gasteiger partial charge in [0.2, 0.25) is 0 Å². The predicted octanol–water partition coefficient (Wildman–Crippen LogP) is 3.84. The number of hydrazine groups is 1. The van der Waals surface area contributed by atoms with Gasteiger partial charge in [0, 0.05) is 14.7 Å². The molecular formula is C12H19BrN2S. The van der Waals surface area contributed by atoms with E-state index in [4.69, 9.17) is 5.84 Å². The molecule has 1 aromatic rings. The molecule has 0 aromatic carbocycles. The van der Waals surface area contributed by atoms with Gasteiger partial charge in [0.05, 0.1) is 6.04 Å². The van der Waals surface area contributed by atoms with Gasteiger partial charge >= 0.3 is 0 Å². The van der Waals surface area contributed by atoms with Crippen LogP contribution in [0.15, 0.2) is 15.9 Å². The number of nitrogens with one attached hydrogen (secondary N) is 1. The van der Waals surface area contributed by atoms with E-state index in [0.717, 1.165) is 10.4 Å². The van der Waals surface area contributed by atoms with Crippen molar-refractivity contribution in [3.05, 3.63) is 20.8 Å². The molecule has 90 valence electrons. The van der Waals surface area contributed by atoms with E-state index in [1.165, 1.54) is 30.6 Å². The third-order valence-electron chi connectivity index (χ3n) is 3.61. The molecule has 2 rings (SSSR count). The fourth-order valence-corrected chi connectivity index (χ4v) is 4.16. The third kappa shape index (κ3) is 2.86. The van der Waals surface area contributed by atoms with Crippen LogP contribution < -0.4 is 11.3 Å². The maximum absolute atomic E-state index is 5.72. The fourth-order valence-electron chi connectivity index (χ4n) is 2.56. The molecule has 0 aliphatic heterocycles. The van der Waals surface area contributed by atoms with Crippen LogP contribution in [-0.4, -0.2) is 0 Å². The van der Waals surface area contributed by atoms with Crippen LogP contribution in [0.4, 0.5) is 0 Å². The molecule has 0 amide bonds. The van der Waals surface area contributed by atoms with Crippen molar-refractivity contribution in [3.63, 3.8) is 0 Å². The van der Waals surface area contributed by atoms with E-state index >= 15 is 0 Å². The standard InChI is InChI=1S/C12H19BrN2S/c1-8-2-4-9(5-3-8)12(15-14)11-6-10(13)7-16-11/h6-9,12,15H,2-5,14H2,1H3. The zero-order valence-corrected chi connectivity index (χ0v) is 12.0. The van der Waals surface area contributed by atoms with E-state index in [1.807, 2.05) is 0 Å². The monoisotopic (exact) mass is 302 g/mol. The summed E-state index contributed by atoms with van der Waals surface area (Å²) in [5.74, 6) is 7.31. The molecule has 1 aliphatic rings. The minimum absolute atomic E-state index is 0.337. The normalized spacial score (nSPS) is 27.9. The molecule has 2 nitrogen and oxygen atoms in total. The molecule has 1 atom stereocenters.